The molecule has 4 heteroatoms. The van der Waals surface area contributed by atoms with Gasteiger partial charge in [-0.3, -0.25) is 0 Å². The molecule has 0 heterocycles. The summed E-state index contributed by atoms with van der Waals surface area (Å²) in [6, 6.07) is 0. The molecule has 0 aliphatic rings. The zero-order valence-corrected chi connectivity index (χ0v) is 10.5. The zero-order valence-electron chi connectivity index (χ0n) is 10.5. The molecule has 0 saturated carbocycles. The van der Waals surface area contributed by atoms with E-state index in [1.807, 2.05) is 0 Å². The Morgan fingerprint density at radius 3 is 2.18 bits per heavy atom. The number of unbranched alkanes of at least 4 members (excludes halogenated alkanes) is 6. The Bertz CT molecular complexity index is 246. The number of hydrogen-bond acceptors (Lipinski definition) is 3. The third-order valence-corrected chi connectivity index (χ3v) is 2.35. The molecule has 0 fully saturated rings. The van der Waals surface area contributed by atoms with Crippen molar-refractivity contribution < 1.29 is 19.4 Å². The van der Waals surface area contributed by atoms with Gasteiger partial charge in [0.1, 0.15) is 0 Å². The summed E-state index contributed by atoms with van der Waals surface area (Å²) in [4.78, 5) is 21.1. The Labute approximate surface area is 103 Å². The first kappa shape index (κ1) is 15.7. The number of ether oxygens (including phenoxy) is 1. The lowest BCUT2D eigenvalue weighted by atomic mass is 10.1. The van der Waals surface area contributed by atoms with E-state index in [4.69, 9.17) is 9.84 Å². The molecule has 0 aromatic carbocycles. The highest BCUT2D eigenvalue weighted by molar-refractivity contribution is 5.90. The number of aliphatic carboxylic acids is 1. The van der Waals surface area contributed by atoms with Gasteiger partial charge in [0.15, 0.2) is 0 Å². The van der Waals surface area contributed by atoms with Gasteiger partial charge in [0.05, 0.1) is 6.61 Å². The molecule has 0 aromatic heterocycles. The SMILES string of the molecule is CCCCCCCCCOC(=O)C=CC(=O)O. The van der Waals surface area contributed by atoms with Crippen molar-refractivity contribution in [2.45, 2.75) is 51.9 Å². The minimum absolute atomic E-state index is 0.372. The summed E-state index contributed by atoms with van der Waals surface area (Å²) in [5.74, 6) is -1.73. The number of carbonyl (C=O) groups is 2. The van der Waals surface area contributed by atoms with Crippen LogP contribution in [0.2, 0.25) is 0 Å². The molecule has 17 heavy (non-hydrogen) atoms. The summed E-state index contributed by atoms with van der Waals surface area (Å²) < 4.78 is 4.83. The van der Waals surface area contributed by atoms with Crippen molar-refractivity contribution in [2.24, 2.45) is 0 Å². The highest BCUT2D eigenvalue weighted by Crippen LogP contribution is 2.06. The van der Waals surface area contributed by atoms with Crippen LogP contribution in [0.5, 0.6) is 0 Å². The molecule has 1 N–H and O–H groups in total. The van der Waals surface area contributed by atoms with Crippen LogP contribution in [-0.4, -0.2) is 23.7 Å². The topological polar surface area (TPSA) is 63.6 Å². The Hall–Kier alpha value is -1.32. The van der Waals surface area contributed by atoms with Gasteiger partial charge in [0, 0.05) is 12.2 Å². The highest BCUT2D eigenvalue weighted by Gasteiger charge is 1.98. The lowest BCUT2D eigenvalue weighted by molar-refractivity contribution is -0.138. The minimum Gasteiger partial charge on any atom is -0.478 e. The average Bonchev–Trinajstić information content (AvgIpc) is 2.30. The van der Waals surface area contributed by atoms with Gasteiger partial charge in [-0.25, -0.2) is 9.59 Å². The van der Waals surface area contributed by atoms with Crippen molar-refractivity contribution >= 4 is 11.9 Å². The molecule has 0 aromatic rings. The summed E-state index contributed by atoms with van der Waals surface area (Å²) in [7, 11) is 0. The fourth-order valence-corrected chi connectivity index (χ4v) is 1.42. The van der Waals surface area contributed by atoms with Gasteiger partial charge in [-0.1, -0.05) is 45.4 Å². The summed E-state index contributed by atoms with van der Waals surface area (Å²) in [5.41, 5.74) is 0. The van der Waals surface area contributed by atoms with E-state index >= 15 is 0 Å². The summed E-state index contributed by atoms with van der Waals surface area (Å²) in [6.45, 7) is 2.56. The van der Waals surface area contributed by atoms with Crippen LogP contribution in [0.15, 0.2) is 12.2 Å². The zero-order chi connectivity index (χ0) is 12.9. The molecule has 4 nitrogen and oxygen atoms in total. The van der Waals surface area contributed by atoms with E-state index < -0.39 is 11.9 Å². The maximum absolute atomic E-state index is 10.9. The highest BCUT2D eigenvalue weighted by atomic mass is 16.5. The second-order valence-corrected chi connectivity index (χ2v) is 3.96. The van der Waals surface area contributed by atoms with Crippen molar-refractivity contribution in [1.29, 1.82) is 0 Å². The van der Waals surface area contributed by atoms with Gasteiger partial charge in [-0.05, 0) is 6.42 Å². The molecule has 0 aliphatic heterocycles. The van der Waals surface area contributed by atoms with Crippen molar-refractivity contribution in [2.75, 3.05) is 6.61 Å². The molecule has 0 aliphatic carbocycles. The van der Waals surface area contributed by atoms with E-state index in [-0.39, 0.29) is 0 Å². The Balaban J connectivity index is 3.28. The van der Waals surface area contributed by atoms with Crippen LogP contribution in [0.4, 0.5) is 0 Å². The van der Waals surface area contributed by atoms with Crippen molar-refractivity contribution in [3.8, 4) is 0 Å². The summed E-state index contributed by atoms with van der Waals surface area (Å²) in [6.07, 6.45) is 9.83. The molecular formula is C13H22O4. The fraction of sp³-hybridized carbons (Fsp3) is 0.692. The van der Waals surface area contributed by atoms with Crippen LogP contribution in [0.1, 0.15) is 51.9 Å². The molecular weight excluding hydrogens is 220 g/mol. The molecule has 0 saturated heterocycles. The average molecular weight is 242 g/mol. The largest absolute Gasteiger partial charge is 0.478 e. The molecule has 0 spiro atoms. The van der Waals surface area contributed by atoms with E-state index in [1.54, 1.807) is 0 Å². The van der Waals surface area contributed by atoms with E-state index in [2.05, 4.69) is 6.92 Å². The number of esters is 1. The molecule has 98 valence electrons. The predicted octanol–water partition coefficient (Wildman–Crippen LogP) is 2.92. The summed E-state index contributed by atoms with van der Waals surface area (Å²) >= 11 is 0. The van der Waals surface area contributed by atoms with Crippen LogP contribution >= 0.6 is 0 Å². The third kappa shape index (κ3) is 12.6. The van der Waals surface area contributed by atoms with E-state index in [9.17, 15) is 9.59 Å². The number of carboxylic acids is 1. The van der Waals surface area contributed by atoms with Gasteiger partial charge in [0.2, 0.25) is 0 Å². The minimum atomic E-state index is -1.14. The quantitative estimate of drug-likeness (QED) is 0.363. The van der Waals surface area contributed by atoms with Gasteiger partial charge in [0.25, 0.3) is 0 Å². The first-order valence-corrected chi connectivity index (χ1v) is 6.24. The van der Waals surface area contributed by atoms with Crippen molar-refractivity contribution in [1.82, 2.24) is 0 Å². The molecule has 0 unspecified atom stereocenters. The van der Waals surface area contributed by atoms with Crippen LogP contribution in [0.25, 0.3) is 0 Å². The number of rotatable bonds is 10. The monoisotopic (exact) mass is 242 g/mol. The molecule has 0 rings (SSSR count). The van der Waals surface area contributed by atoms with E-state index in [0.717, 1.165) is 25.0 Å². The van der Waals surface area contributed by atoms with Crippen LogP contribution in [0.3, 0.4) is 0 Å². The first-order valence-electron chi connectivity index (χ1n) is 6.24. The van der Waals surface area contributed by atoms with Crippen LogP contribution < -0.4 is 0 Å². The Morgan fingerprint density at radius 2 is 1.59 bits per heavy atom. The third-order valence-electron chi connectivity index (χ3n) is 2.35. The summed E-state index contributed by atoms with van der Waals surface area (Å²) in [5, 5.41) is 8.28. The maximum Gasteiger partial charge on any atom is 0.331 e. The smallest absolute Gasteiger partial charge is 0.331 e. The molecule has 0 amide bonds. The first-order chi connectivity index (χ1) is 8.16. The maximum atomic E-state index is 10.9. The number of carboxylic acid groups (broad SMARTS) is 1. The van der Waals surface area contributed by atoms with Crippen molar-refractivity contribution in [3.63, 3.8) is 0 Å². The number of carbonyl (C=O) groups excluding carboxylic acids is 1. The van der Waals surface area contributed by atoms with Crippen LogP contribution in [-0.2, 0) is 14.3 Å². The van der Waals surface area contributed by atoms with Gasteiger partial charge in [-0.15, -0.1) is 0 Å². The molecule has 0 atom stereocenters. The molecule has 0 bridgehead atoms. The lowest BCUT2D eigenvalue weighted by Crippen LogP contribution is -2.03. The van der Waals surface area contributed by atoms with E-state index in [1.165, 1.54) is 32.1 Å². The standard InChI is InChI=1S/C13H22O4/c1-2-3-4-5-6-7-8-11-17-13(16)10-9-12(14)15/h9-10H,2-8,11H2,1H3,(H,14,15). The van der Waals surface area contributed by atoms with Gasteiger partial charge in [-0.2, -0.15) is 0 Å². The predicted molar refractivity (Wildman–Crippen MR) is 65.7 cm³/mol. The Kier molecular flexibility index (Phi) is 10.3. The normalized spacial score (nSPS) is 10.6. The van der Waals surface area contributed by atoms with Gasteiger partial charge >= 0.3 is 11.9 Å². The number of hydrogen-bond donors (Lipinski definition) is 1. The fourth-order valence-electron chi connectivity index (χ4n) is 1.42. The van der Waals surface area contributed by atoms with E-state index in [0.29, 0.717) is 6.61 Å². The Morgan fingerprint density at radius 1 is 1.00 bits per heavy atom. The van der Waals surface area contributed by atoms with Crippen molar-refractivity contribution in [3.05, 3.63) is 12.2 Å². The van der Waals surface area contributed by atoms with Gasteiger partial charge < -0.3 is 9.84 Å². The lowest BCUT2D eigenvalue weighted by Gasteiger charge is -2.02. The van der Waals surface area contributed by atoms with Crippen LogP contribution in [0, 0.1) is 0 Å². The second kappa shape index (κ2) is 11.2. The second-order valence-electron chi connectivity index (χ2n) is 3.96. The molecule has 0 radical (unpaired) electrons.